The number of H-pyrrole nitrogens is 1. The number of aromatic nitrogens is 2. The summed E-state index contributed by atoms with van der Waals surface area (Å²) in [5, 5.41) is 1.19. The van der Waals surface area contributed by atoms with Crippen molar-refractivity contribution in [2.24, 2.45) is 0 Å². The summed E-state index contributed by atoms with van der Waals surface area (Å²) in [6, 6.07) is 12.7. The molecular weight excluding hydrogens is 350 g/mol. The fourth-order valence-electron chi connectivity index (χ4n) is 2.52. The van der Waals surface area contributed by atoms with Gasteiger partial charge in [0.25, 0.3) is 5.56 Å². The van der Waals surface area contributed by atoms with E-state index in [0.717, 1.165) is 11.1 Å². The van der Waals surface area contributed by atoms with E-state index >= 15 is 0 Å². The van der Waals surface area contributed by atoms with Gasteiger partial charge in [0.05, 0.1) is 17.4 Å². The van der Waals surface area contributed by atoms with Crippen LogP contribution < -0.4 is 5.56 Å². The molecule has 3 rings (SSSR count). The smallest absolute Gasteiger partial charge is 0.258 e. The van der Waals surface area contributed by atoms with E-state index < -0.39 is 0 Å². The summed E-state index contributed by atoms with van der Waals surface area (Å²) >= 11 is 6.09. The van der Waals surface area contributed by atoms with Gasteiger partial charge < -0.3 is 9.88 Å². The number of halogens is 1. The van der Waals surface area contributed by atoms with Crippen molar-refractivity contribution < 1.29 is 4.79 Å². The molecule has 6 heteroatoms. The van der Waals surface area contributed by atoms with E-state index in [-0.39, 0.29) is 18.0 Å². The number of aromatic amines is 1. The number of para-hydroxylation sites is 1. The van der Waals surface area contributed by atoms with E-state index in [1.54, 1.807) is 31.3 Å². The number of likely N-dealkylation sites (N-methyl/N-ethyl adjacent to an activating group) is 1. The predicted octanol–water partition coefficient (Wildman–Crippen LogP) is 3.56. The van der Waals surface area contributed by atoms with E-state index in [2.05, 4.69) is 9.97 Å². The number of amides is 1. The molecule has 0 unspecified atom stereocenters. The van der Waals surface area contributed by atoms with Crippen LogP contribution in [0, 0.1) is 6.92 Å². The van der Waals surface area contributed by atoms with Crippen molar-refractivity contribution in [3.05, 3.63) is 80.9 Å². The zero-order valence-electron chi connectivity index (χ0n) is 14.5. The summed E-state index contributed by atoms with van der Waals surface area (Å²) in [5.41, 5.74) is 2.23. The normalized spacial score (nSPS) is 11.2. The van der Waals surface area contributed by atoms with E-state index in [1.807, 2.05) is 31.2 Å². The lowest BCUT2D eigenvalue weighted by Crippen LogP contribution is -2.26. The predicted molar refractivity (Wildman–Crippen MR) is 104 cm³/mol. The van der Waals surface area contributed by atoms with Crippen molar-refractivity contribution in [3.63, 3.8) is 0 Å². The molecule has 1 heterocycles. The number of carbonyl (C=O) groups is 1. The lowest BCUT2D eigenvalue weighted by molar-refractivity contribution is -0.125. The average molecular weight is 368 g/mol. The van der Waals surface area contributed by atoms with Gasteiger partial charge in [0, 0.05) is 18.1 Å². The molecular formula is C20H18ClN3O2. The molecule has 0 saturated carbocycles. The Balaban J connectivity index is 1.74. The minimum absolute atomic E-state index is 0.197. The molecule has 0 radical (unpaired) electrons. The lowest BCUT2D eigenvalue weighted by atomic mass is 10.1. The minimum atomic E-state index is -0.212. The zero-order chi connectivity index (χ0) is 18.7. The zero-order valence-corrected chi connectivity index (χ0v) is 15.2. The first-order valence-corrected chi connectivity index (χ1v) is 8.49. The van der Waals surface area contributed by atoms with Gasteiger partial charge in [-0.3, -0.25) is 9.59 Å². The van der Waals surface area contributed by atoms with Crippen molar-refractivity contribution in [3.8, 4) is 0 Å². The number of fused-ring (bicyclic) bond motifs is 1. The van der Waals surface area contributed by atoms with Crippen LogP contribution >= 0.6 is 11.6 Å². The molecule has 5 nitrogen and oxygen atoms in total. The highest BCUT2D eigenvalue weighted by molar-refractivity contribution is 6.31. The Morgan fingerprint density at radius 3 is 2.81 bits per heavy atom. The first-order valence-electron chi connectivity index (χ1n) is 8.11. The van der Waals surface area contributed by atoms with Crippen molar-refractivity contribution in [2.45, 2.75) is 13.5 Å². The van der Waals surface area contributed by atoms with Gasteiger partial charge >= 0.3 is 0 Å². The molecule has 2 aromatic carbocycles. The Morgan fingerprint density at radius 2 is 2.04 bits per heavy atom. The summed E-state index contributed by atoms with van der Waals surface area (Å²) in [5.74, 6) is 0.244. The van der Waals surface area contributed by atoms with Crippen LogP contribution in [-0.2, 0) is 11.3 Å². The van der Waals surface area contributed by atoms with Crippen LogP contribution in [0.1, 0.15) is 17.0 Å². The standard InChI is InChI=1S/C20H18ClN3O2/c1-13-7-8-14(11-16(13)21)9-10-19(25)24(2)12-18-22-17-6-4-3-5-15(17)20(26)23-18/h3-11H,12H2,1-2H3,(H,22,23,26)/b10-9+. The third-order valence-electron chi connectivity index (χ3n) is 4.04. The van der Waals surface area contributed by atoms with Gasteiger partial charge in [-0.1, -0.05) is 35.9 Å². The fourth-order valence-corrected chi connectivity index (χ4v) is 2.71. The monoisotopic (exact) mass is 367 g/mol. The van der Waals surface area contributed by atoms with Crippen LogP contribution in [0.2, 0.25) is 5.02 Å². The van der Waals surface area contributed by atoms with Crippen LogP contribution in [-0.4, -0.2) is 27.8 Å². The fraction of sp³-hybridized carbons (Fsp3) is 0.150. The number of rotatable bonds is 4. The van der Waals surface area contributed by atoms with Crippen LogP contribution in [0.3, 0.4) is 0 Å². The van der Waals surface area contributed by atoms with E-state index in [9.17, 15) is 9.59 Å². The Morgan fingerprint density at radius 1 is 1.27 bits per heavy atom. The molecule has 0 aliphatic rings. The van der Waals surface area contributed by atoms with Crippen LogP contribution in [0.4, 0.5) is 0 Å². The van der Waals surface area contributed by atoms with Gasteiger partial charge in [-0.15, -0.1) is 0 Å². The maximum atomic E-state index is 12.3. The largest absolute Gasteiger partial charge is 0.335 e. The number of nitrogens with one attached hydrogen (secondary N) is 1. The Bertz CT molecular complexity index is 1060. The summed E-state index contributed by atoms with van der Waals surface area (Å²) in [6.07, 6.45) is 3.18. The van der Waals surface area contributed by atoms with Gasteiger partial charge in [0.1, 0.15) is 5.82 Å². The van der Waals surface area contributed by atoms with Crippen LogP contribution in [0.25, 0.3) is 17.0 Å². The molecule has 26 heavy (non-hydrogen) atoms. The number of carbonyl (C=O) groups excluding carboxylic acids is 1. The highest BCUT2D eigenvalue weighted by Gasteiger charge is 2.09. The molecule has 0 spiro atoms. The van der Waals surface area contributed by atoms with Gasteiger partial charge in [0.2, 0.25) is 5.91 Å². The third-order valence-corrected chi connectivity index (χ3v) is 4.45. The van der Waals surface area contributed by atoms with Crippen molar-refractivity contribution >= 4 is 34.5 Å². The SMILES string of the molecule is Cc1ccc(/C=C/C(=O)N(C)Cc2nc3ccccc3c(=O)[nH]2)cc1Cl. The minimum Gasteiger partial charge on any atom is -0.335 e. The molecule has 1 aromatic heterocycles. The molecule has 1 N–H and O–H groups in total. The first-order chi connectivity index (χ1) is 12.4. The Hall–Kier alpha value is -2.92. The number of benzene rings is 2. The number of aryl methyl sites for hydroxylation is 1. The Labute approximate surface area is 155 Å². The van der Waals surface area contributed by atoms with E-state index in [0.29, 0.717) is 21.7 Å². The maximum Gasteiger partial charge on any atom is 0.258 e. The first kappa shape index (κ1) is 17.9. The van der Waals surface area contributed by atoms with Gasteiger partial charge in [-0.25, -0.2) is 4.98 Å². The van der Waals surface area contributed by atoms with E-state index in [1.165, 1.54) is 11.0 Å². The molecule has 0 aliphatic carbocycles. The summed E-state index contributed by atoms with van der Waals surface area (Å²) in [4.78, 5) is 33.0. The molecule has 0 saturated heterocycles. The number of hydrogen-bond acceptors (Lipinski definition) is 3. The summed E-state index contributed by atoms with van der Waals surface area (Å²) < 4.78 is 0. The highest BCUT2D eigenvalue weighted by atomic mass is 35.5. The quantitative estimate of drug-likeness (QED) is 0.717. The molecule has 0 fully saturated rings. The second-order valence-electron chi connectivity index (χ2n) is 6.07. The summed E-state index contributed by atoms with van der Waals surface area (Å²) in [6.45, 7) is 2.13. The van der Waals surface area contributed by atoms with Crippen molar-refractivity contribution in [1.29, 1.82) is 0 Å². The van der Waals surface area contributed by atoms with Gasteiger partial charge in [-0.2, -0.15) is 0 Å². The van der Waals surface area contributed by atoms with Crippen LogP contribution in [0.5, 0.6) is 0 Å². The molecule has 0 aliphatic heterocycles. The second-order valence-corrected chi connectivity index (χ2v) is 6.47. The van der Waals surface area contributed by atoms with E-state index in [4.69, 9.17) is 11.6 Å². The molecule has 0 atom stereocenters. The lowest BCUT2D eigenvalue weighted by Gasteiger charge is -2.14. The van der Waals surface area contributed by atoms with Crippen LogP contribution in [0.15, 0.2) is 53.3 Å². The molecule has 3 aromatic rings. The maximum absolute atomic E-state index is 12.3. The van der Waals surface area contributed by atoms with Crippen molar-refractivity contribution in [2.75, 3.05) is 7.05 Å². The second kappa shape index (κ2) is 7.54. The number of hydrogen-bond donors (Lipinski definition) is 1. The molecule has 132 valence electrons. The average Bonchev–Trinajstić information content (AvgIpc) is 2.62. The highest BCUT2D eigenvalue weighted by Crippen LogP contribution is 2.17. The molecule has 1 amide bonds. The topological polar surface area (TPSA) is 66.1 Å². The molecule has 0 bridgehead atoms. The van der Waals surface area contributed by atoms with Crippen molar-refractivity contribution in [1.82, 2.24) is 14.9 Å². The number of nitrogens with zero attached hydrogens (tertiary/aromatic N) is 2. The Kier molecular flexibility index (Phi) is 5.19. The third kappa shape index (κ3) is 4.00. The summed E-state index contributed by atoms with van der Waals surface area (Å²) in [7, 11) is 1.66. The van der Waals surface area contributed by atoms with Gasteiger partial charge in [0.15, 0.2) is 0 Å². The van der Waals surface area contributed by atoms with Gasteiger partial charge in [-0.05, 0) is 42.3 Å².